The quantitative estimate of drug-likeness (QED) is 0.220. The van der Waals surface area contributed by atoms with Crippen LogP contribution in [0.1, 0.15) is 0 Å². The van der Waals surface area contributed by atoms with Crippen LogP contribution >= 0.6 is 0 Å². The van der Waals surface area contributed by atoms with E-state index >= 15 is 0 Å². The van der Waals surface area contributed by atoms with Gasteiger partial charge < -0.3 is 31.5 Å². The number of methoxy groups -OCH3 is 3. The molecule has 178 valence electrons. The lowest BCUT2D eigenvalue weighted by Gasteiger charge is -2.03. The zero-order valence-electron chi connectivity index (χ0n) is 18.7. The van der Waals surface area contributed by atoms with Gasteiger partial charge in [0.2, 0.25) is 6.33 Å². The first-order chi connectivity index (χ1) is 16.2. The van der Waals surface area contributed by atoms with Crippen LogP contribution < -0.4 is 18.8 Å². The standard InChI is InChI=1S/C23H22N3O3.BF4/c1-27-20-10-4-17(5-11-20)23-24-26(19-8-14-22(29-3)15-9-19)16-25(23)18-6-12-21(28-2)13-7-18;2-1(3,4)5/h4-16H,1-3H3;/q+1;-1. The second kappa shape index (κ2) is 10.7. The molecule has 0 atom stereocenters. The molecule has 0 saturated carbocycles. The maximum absolute atomic E-state index is 9.75. The summed E-state index contributed by atoms with van der Waals surface area (Å²) in [5.41, 5.74) is 2.90. The van der Waals surface area contributed by atoms with E-state index in [1.807, 2.05) is 88.4 Å². The molecule has 0 amide bonds. The van der Waals surface area contributed by atoms with Gasteiger partial charge in [-0.25, -0.2) is 0 Å². The first-order valence-electron chi connectivity index (χ1n) is 10.0. The van der Waals surface area contributed by atoms with Crippen molar-refractivity contribution in [3.8, 4) is 40.0 Å². The van der Waals surface area contributed by atoms with Gasteiger partial charge >= 0.3 is 13.1 Å². The Labute approximate surface area is 194 Å². The molecule has 0 spiro atoms. The van der Waals surface area contributed by atoms with Crippen LogP contribution in [0, 0.1) is 0 Å². The Balaban J connectivity index is 0.000000588. The summed E-state index contributed by atoms with van der Waals surface area (Å²) in [5.74, 6) is 3.23. The SMILES string of the molecule is COc1ccc(-c2nn(-c3ccc(OC)cc3)c[n+]2-c2ccc(OC)cc2)cc1.F[B-](F)(F)F. The summed E-state index contributed by atoms with van der Waals surface area (Å²) >= 11 is 0. The van der Waals surface area contributed by atoms with Crippen LogP contribution in [0.15, 0.2) is 79.1 Å². The number of benzene rings is 3. The van der Waals surface area contributed by atoms with Gasteiger partial charge in [0, 0.05) is 0 Å². The number of nitrogens with zero attached hydrogens (tertiary/aromatic N) is 3. The molecule has 4 aromatic rings. The molecule has 11 heteroatoms. The van der Waals surface area contributed by atoms with Crippen molar-refractivity contribution in [2.45, 2.75) is 0 Å². The van der Waals surface area contributed by atoms with Crippen molar-refractivity contribution < 1.29 is 36.0 Å². The van der Waals surface area contributed by atoms with Crippen LogP contribution in [-0.4, -0.2) is 38.4 Å². The van der Waals surface area contributed by atoms with E-state index in [2.05, 4.69) is 0 Å². The Kier molecular flexibility index (Phi) is 7.77. The largest absolute Gasteiger partial charge is 0.673 e. The van der Waals surface area contributed by atoms with Crippen LogP contribution in [0.2, 0.25) is 0 Å². The monoisotopic (exact) mass is 475 g/mol. The van der Waals surface area contributed by atoms with Crippen molar-refractivity contribution in [3.63, 3.8) is 0 Å². The maximum atomic E-state index is 9.75. The van der Waals surface area contributed by atoms with Gasteiger partial charge in [-0.1, -0.05) is 4.68 Å². The molecule has 3 aromatic carbocycles. The first kappa shape index (κ1) is 24.6. The van der Waals surface area contributed by atoms with Gasteiger partial charge in [0.15, 0.2) is 0 Å². The predicted octanol–water partition coefficient (Wildman–Crippen LogP) is 5.14. The zero-order chi connectivity index (χ0) is 24.7. The Morgan fingerprint density at radius 2 is 1.09 bits per heavy atom. The van der Waals surface area contributed by atoms with Gasteiger partial charge in [-0.3, -0.25) is 0 Å². The van der Waals surface area contributed by atoms with E-state index in [4.69, 9.17) is 19.3 Å². The van der Waals surface area contributed by atoms with Crippen molar-refractivity contribution in [2.24, 2.45) is 0 Å². The average Bonchev–Trinajstić information content (AvgIpc) is 3.28. The number of aromatic nitrogens is 3. The normalized spacial score (nSPS) is 10.8. The number of rotatable bonds is 6. The molecular weight excluding hydrogens is 453 g/mol. The molecular formula is C23H22BF4N3O3. The fraction of sp³-hybridized carbons (Fsp3) is 0.130. The van der Waals surface area contributed by atoms with E-state index < -0.39 is 7.25 Å². The third kappa shape index (κ3) is 6.50. The zero-order valence-corrected chi connectivity index (χ0v) is 18.7. The third-order valence-electron chi connectivity index (χ3n) is 4.69. The van der Waals surface area contributed by atoms with E-state index in [1.165, 1.54) is 0 Å². The van der Waals surface area contributed by atoms with Crippen LogP contribution in [0.3, 0.4) is 0 Å². The summed E-state index contributed by atoms with van der Waals surface area (Å²) in [4.78, 5) is 0. The number of ether oxygens (including phenoxy) is 3. The molecule has 0 aliphatic carbocycles. The lowest BCUT2D eigenvalue weighted by Crippen LogP contribution is -2.30. The molecule has 0 fully saturated rings. The fourth-order valence-electron chi connectivity index (χ4n) is 3.07. The highest BCUT2D eigenvalue weighted by Gasteiger charge is 2.22. The molecule has 4 rings (SSSR count). The van der Waals surface area contributed by atoms with Gasteiger partial charge in [-0.05, 0) is 72.8 Å². The van der Waals surface area contributed by atoms with Crippen molar-refractivity contribution in [1.29, 1.82) is 0 Å². The van der Waals surface area contributed by atoms with Gasteiger partial charge in [-0.2, -0.15) is 4.57 Å². The summed E-state index contributed by atoms with van der Waals surface area (Å²) in [7, 11) is -1.03. The number of halogens is 4. The summed E-state index contributed by atoms with van der Waals surface area (Å²) < 4.78 is 58.7. The minimum atomic E-state index is -6.00. The lowest BCUT2D eigenvalue weighted by atomic mass is 10.2. The van der Waals surface area contributed by atoms with Crippen LogP contribution in [0.5, 0.6) is 17.2 Å². The molecule has 0 aliphatic heterocycles. The number of hydrogen-bond acceptors (Lipinski definition) is 4. The molecule has 0 N–H and O–H groups in total. The van der Waals surface area contributed by atoms with E-state index in [1.54, 1.807) is 21.3 Å². The second-order valence-electron chi connectivity index (χ2n) is 6.87. The summed E-state index contributed by atoms with van der Waals surface area (Å²) in [6, 6.07) is 23.5. The number of hydrogen-bond donors (Lipinski definition) is 0. The lowest BCUT2D eigenvalue weighted by molar-refractivity contribution is -0.584. The molecule has 1 heterocycles. The van der Waals surface area contributed by atoms with Gasteiger partial charge in [0.25, 0.3) is 0 Å². The highest BCUT2D eigenvalue weighted by Crippen LogP contribution is 2.22. The Morgan fingerprint density at radius 3 is 1.53 bits per heavy atom. The molecule has 6 nitrogen and oxygen atoms in total. The third-order valence-corrected chi connectivity index (χ3v) is 4.69. The van der Waals surface area contributed by atoms with E-state index in [0.29, 0.717) is 0 Å². The van der Waals surface area contributed by atoms with Crippen LogP contribution in [-0.2, 0) is 0 Å². The molecule has 0 unspecified atom stereocenters. The molecule has 0 saturated heterocycles. The fourth-order valence-corrected chi connectivity index (χ4v) is 3.07. The minimum Gasteiger partial charge on any atom is -0.497 e. The summed E-state index contributed by atoms with van der Waals surface area (Å²) in [5, 5.41) is 4.85. The van der Waals surface area contributed by atoms with Gasteiger partial charge in [0.1, 0.15) is 28.6 Å². The topological polar surface area (TPSA) is 49.4 Å². The Bertz CT molecular complexity index is 1130. The Hall–Kier alpha value is -4.02. The van der Waals surface area contributed by atoms with Crippen molar-refractivity contribution in [1.82, 2.24) is 9.78 Å². The van der Waals surface area contributed by atoms with Gasteiger partial charge in [-0.15, -0.1) is 0 Å². The molecule has 0 aliphatic rings. The van der Waals surface area contributed by atoms with Crippen molar-refractivity contribution in [3.05, 3.63) is 79.1 Å². The van der Waals surface area contributed by atoms with E-state index in [9.17, 15) is 17.3 Å². The second-order valence-corrected chi connectivity index (χ2v) is 6.87. The Morgan fingerprint density at radius 1 is 0.676 bits per heavy atom. The maximum Gasteiger partial charge on any atom is 0.673 e. The van der Waals surface area contributed by atoms with Crippen molar-refractivity contribution in [2.75, 3.05) is 21.3 Å². The molecule has 1 aromatic heterocycles. The van der Waals surface area contributed by atoms with E-state index in [0.717, 1.165) is 40.0 Å². The molecule has 0 radical (unpaired) electrons. The van der Waals surface area contributed by atoms with E-state index in [-0.39, 0.29) is 0 Å². The van der Waals surface area contributed by atoms with Crippen molar-refractivity contribution >= 4 is 7.25 Å². The minimum absolute atomic E-state index is 0.805. The highest BCUT2D eigenvalue weighted by molar-refractivity contribution is 6.50. The van der Waals surface area contributed by atoms with Gasteiger partial charge in [0.05, 0.1) is 32.0 Å². The first-order valence-corrected chi connectivity index (χ1v) is 10.0. The average molecular weight is 475 g/mol. The molecule has 0 bridgehead atoms. The molecule has 34 heavy (non-hydrogen) atoms. The smallest absolute Gasteiger partial charge is 0.497 e. The predicted molar refractivity (Wildman–Crippen MR) is 120 cm³/mol. The highest BCUT2D eigenvalue weighted by atomic mass is 19.5. The summed E-state index contributed by atoms with van der Waals surface area (Å²) in [6.07, 6.45) is 1.96. The summed E-state index contributed by atoms with van der Waals surface area (Å²) in [6.45, 7) is 0. The van der Waals surface area contributed by atoms with Crippen LogP contribution in [0.4, 0.5) is 17.3 Å². The van der Waals surface area contributed by atoms with Crippen LogP contribution in [0.25, 0.3) is 22.8 Å².